The molecule has 0 aromatic carbocycles. The quantitative estimate of drug-likeness (QED) is 0.700. The van der Waals surface area contributed by atoms with Gasteiger partial charge in [-0.3, -0.25) is 0 Å². The summed E-state index contributed by atoms with van der Waals surface area (Å²) in [5.41, 5.74) is 0. The fourth-order valence-electron chi connectivity index (χ4n) is 1.78. The minimum absolute atomic E-state index is 0.480. The molecule has 1 heterocycles. The van der Waals surface area contributed by atoms with Crippen molar-refractivity contribution in [2.45, 2.75) is 12.8 Å². The van der Waals surface area contributed by atoms with Crippen molar-refractivity contribution in [3.63, 3.8) is 0 Å². The Labute approximate surface area is 80.4 Å². The number of piperidine rings is 1. The molecule has 0 bridgehead atoms. The van der Waals surface area contributed by atoms with Gasteiger partial charge in [0.05, 0.1) is 6.26 Å². The summed E-state index contributed by atoms with van der Waals surface area (Å²) in [6.07, 6.45) is 3.40. The van der Waals surface area contributed by atoms with E-state index in [1.807, 2.05) is 7.05 Å². The summed E-state index contributed by atoms with van der Waals surface area (Å²) in [4.78, 5) is 0. The van der Waals surface area contributed by atoms with Gasteiger partial charge in [-0.1, -0.05) is 0 Å². The summed E-state index contributed by atoms with van der Waals surface area (Å²) in [6, 6.07) is 0. The van der Waals surface area contributed by atoms with Crippen LogP contribution >= 0.6 is 0 Å². The molecular formula is C8H18N2O2S. The zero-order valence-electron chi connectivity index (χ0n) is 8.28. The molecule has 0 spiro atoms. The maximum atomic E-state index is 11.2. The van der Waals surface area contributed by atoms with E-state index in [-0.39, 0.29) is 0 Å². The molecule has 1 aliphatic heterocycles. The normalized spacial score (nSPS) is 26.2. The molecule has 78 valence electrons. The Balaban J connectivity index is 2.52. The first-order valence-electron chi connectivity index (χ1n) is 4.63. The molecule has 1 saturated heterocycles. The fraction of sp³-hybridized carbons (Fsp3) is 1.00. The van der Waals surface area contributed by atoms with Crippen LogP contribution in [0.5, 0.6) is 0 Å². The number of sulfonamides is 1. The zero-order valence-corrected chi connectivity index (χ0v) is 9.10. The van der Waals surface area contributed by atoms with E-state index in [0.29, 0.717) is 19.0 Å². The molecule has 1 N–H and O–H groups in total. The van der Waals surface area contributed by atoms with Crippen molar-refractivity contribution in [1.82, 2.24) is 9.62 Å². The van der Waals surface area contributed by atoms with Gasteiger partial charge in [-0.25, -0.2) is 12.7 Å². The first-order valence-corrected chi connectivity index (χ1v) is 6.48. The highest BCUT2D eigenvalue weighted by Crippen LogP contribution is 2.17. The van der Waals surface area contributed by atoms with E-state index in [4.69, 9.17) is 0 Å². The van der Waals surface area contributed by atoms with E-state index in [1.165, 1.54) is 6.26 Å². The average Bonchev–Trinajstić information content (AvgIpc) is 2.04. The molecule has 0 amide bonds. The van der Waals surface area contributed by atoms with Crippen molar-refractivity contribution >= 4 is 10.0 Å². The summed E-state index contributed by atoms with van der Waals surface area (Å²) in [5.74, 6) is 0.480. The van der Waals surface area contributed by atoms with Gasteiger partial charge in [0, 0.05) is 13.1 Å². The lowest BCUT2D eigenvalue weighted by Crippen LogP contribution is -2.41. The standard InChI is InChI=1S/C8H18N2O2S/c1-9-6-8-4-3-5-10(7-8)13(2,11)12/h8-9H,3-7H2,1-2H3/t8-/m1/s1. The topological polar surface area (TPSA) is 49.4 Å². The predicted octanol–water partition coefficient (Wildman–Crippen LogP) is -0.123. The Morgan fingerprint density at radius 2 is 2.23 bits per heavy atom. The van der Waals surface area contributed by atoms with E-state index < -0.39 is 10.0 Å². The van der Waals surface area contributed by atoms with Gasteiger partial charge < -0.3 is 5.32 Å². The van der Waals surface area contributed by atoms with Crippen LogP contribution in [0.2, 0.25) is 0 Å². The summed E-state index contributed by atoms with van der Waals surface area (Å²) >= 11 is 0. The van der Waals surface area contributed by atoms with Crippen LogP contribution in [0.25, 0.3) is 0 Å². The highest BCUT2D eigenvalue weighted by Gasteiger charge is 2.24. The molecule has 5 heteroatoms. The molecule has 0 saturated carbocycles. The van der Waals surface area contributed by atoms with Gasteiger partial charge in [-0.05, 0) is 32.4 Å². The van der Waals surface area contributed by atoms with Crippen LogP contribution in [0, 0.1) is 5.92 Å². The fourth-order valence-corrected chi connectivity index (χ4v) is 2.73. The van der Waals surface area contributed by atoms with Crippen molar-refractivity contribution in [2.75, 3.05) is 32.9 Å². The van der Waals surface area contributed by atoms with Gasteiger partial charge in [0.25, 0.3) is 0 Å². The number of nitrogens with one attached hydrogen (secondary N) is 1. The Kier molecular flexibility index (Phi) is 3.70. The van der Waals surface area contributed by atoms with E-state index in [2.05, 4.69) is 5.32 Å². The molecule has 0 aromatic rings. The Hall–Kier alpha value is -0.130. The van der Waals surface area contributed by atoms with Crippen molar-refractivity contribution in [2.24, 2.45) is 5.92 Å². The minimum Gasteiger partial charge on any atom is -0.319 e. The SMILES string of the molecule is CNC[C@H]1CCCN(S(C)(=O)=O)C1. The van der Waals surface area contributed by atoms with Gasteiger partial charge in [0.1, 0.15) is 0 Å². The molecule has 0 radical (unpaired) electrons. The maximum absolute atomic E-state index is 11.2. The molecule has 1 aliphatic rings. The molecule has 4 nitrogen and oxygen atoms in total. The molecular weight excluding hydrogens is 188 g/mol. The molecule has 0 aromatic heterocycles. The lowest BCUT2D eigenvalue weighted by atomic mass is 10.00. The molecule has 13 heavy (non-hydrogen) atoms. The van der Waals surface area contributed by atoms with Crippen LogP contribution in [0.4, 0.5) is 0 Å². The second-order valence-electron chi connectivity index (χ2n) is 3.69. The van der Waals surface area contributed by atoms with Gasteiger partial charge in [0.15, 0.2) is 0 Å². The van der Waals surface area contributed by atoms with Gasteiger partial charge in [0.2, 0.25) is 10.0 Å². The van der Waals surface area contributed by atoms with Crippen LogP contribution in [0.3, 0.4) is 0 Å². The first-order chi connectivity index (χ1) is 6.04. The highest BCUT2D eigenvalue weighted by molar-refractivity contribution is 7.88. The van der Waals surface area contributed by atoms with Crippen LogP contribution in [0.1, 0.15) is 12.8 Å². The van der Waals surface area contributed by atoms with Gasteiger partial charge in [-0.15, -0.1) is 0 Å². The molecule has 1 rings (SSSR count). The van der Waals surface area contributed by atoms with Crippen LogP contribution in [0.15, 0.2) is 0 Å². The molecule has 1 fully saturated rings. The summed E-state index contributed by atoms with van der Waals surface area (Å²) in [5, 5.41) is 3.09. The van der Waals surface area contributed by atoms with Crippen molar-refractivity contribution in [3.05, 3.63) is 0 Å². The summed E-state index contributed by atoms with van der Waals surface area (Å²) < 4.78 is 24.1. The lowest BCUT2D eigenvalue weighted by Gasteiger charge is -2.30. The third-order valence-electron chi connectivity index (χ3n) is 2.44. The second-order valence-corrected chi connectivity index (χ2v) is 5.67. The lowest BCUT2D eigenvalue weighted by molar-refractivity contribution is 0.265. The average molecular weight is 206 g/mol. The predicted molar refractivity (Wildman–Crippen MR) is 53.1 cm³/mol. The minimum atomic E-state index is -2.97. The number of hydrogen-bond donors (Lipinski definition) is 1. The number of hydrogen-bond acceptors (Lipinski definition) is 3. The monoisotopic (exact) mass is 206 g/mol. The van der Waals surface area contributed by atoms with Crippen molar-refractivity contribution in [3.8, 4) is 0 Å². The third-order valence-corrected chi connectivity index (χ3v) is 3.71. The number of rotatable bonds is 3. The second kappa shape index (κ2) is 4.39. The zero-order chi connectivity index (χ0) is 9.90. The Bertz CT molecular complexity index is 249. The summed E-state index contributed by atoms with van der Waals surface area (Å²) in [6.45, 7) is 2.28. The summed E-state index contributed by atoms with van der Waals surface area (Å²) in [7, 11) is -1.07. The van der Waals surface area contributed by atoms with Crippen molar-refractivity contribution < 1.29 is 8.42 Å². The first kappa shape index (κ1) is 10.9. The van der Waals surface area contributed by atoms with Crippen molar-refractivity contribution in [1.29, 1.82) is 0 Å². The van der Waals surface area contributed by atoms with Gasteiger partial charge in [-0.2, -0.15) is 0 Å². The number of nitrogens with zero attached hydrogens (tertiary/aromatic N) is 1. The smallest absolute Gasteiger partial charge is 0.211 e. The van der Waals surface area contributed by atoms with E-state index in [9.17, 15) is 8.42 Å². The van der Waals surface area contributed by atoms with E-state index in [1.54, 1.807) is 4.31 Å². The third kappa shape index (κ3) is 3.25. The van der Waals surface area contributed by atoms with E-state index >= 15 is 0 Å². The molecule has 0 aliphatic carbocycles. The molecule has 0 unspecified atom stereocenters. The largest absolute Gasteiger partial charge is 0.319 e. The Morgan fingerprint density at radius 3 is 2.77 bits per heavy atom. The highest BCUT2D eigenvalue weighted by atomic mass is 32.2. The van der Waals surface area contributed by atoms with Gasteiger partial charge >= 0.3 is 0 Å². The van der Waals surface area contributed by atoms with Crippen LogP contribution in [-0.2, 0) is 10.0 Å². The van der Waals surface area contributed by atoms with E-state index in [0.717, 1.165) is 19.4 Å². The van der Waals surface area contributed by atoms with Crippen LogP contribution in [-0.4, -0.2) is 45.7 Å². The Morgan fingerprint density at radius 1 is 1.54 bits per heavy atom. The van der Waals surface area contributed by atoms with Crippen LogP contribution < -0.4 is 5.32 Å². The molecule has 1 atom stereocenters. The maximum Gasteiger partial charge on any atom is 0.211 e.